The van der Waals surface area contributed by atoms with E-state index in [1.807, 2.05) is 6.92 Å². The number of hydrogen-bond donors (Lipinski definition) is 0. The van der Waals surface area contributed by atoms with E-state index in [9.17, 15) is 12.8 Å². The molecule has 0 radical (unpaired) electrons. The van der Waals surface area contributed by atoms with Gasteiger partial charge in [-0.15, -0.1) is 0 Å². The smallest absolute Gasteiger partial charge is 0.263 e. The second-order valence-electron chi connectivity index (χ2n) is 4.74. The summed E-state index contributed by atoms with van der Waals surface area (Å²) in [5.41, 5.74) is 0.992. The molecule has 0 spiro atoms. The lowest BCUT2D eigenvalue weighted by molar-refractivity contribution is 0.119. The molecule has 0 atom stereocenters. The summed E-state index contributed by atoms with van der Waals surface area (Å²) in [5.74, 6) is 0. The first-order valence-corrected chi connectivity index (χ1v) is 7.52. The Hall–Kier alpha value is -0.940. The van der Waals surface area contributed by atoms with Crippen molar-refractivity contribution in [3.8, 4) is 0 Å². The molecule has 0 amide bonds. The molecule has 1 aliphatic rings. The van der Waals surface area contributed by atoms with Gasteiger partial charge in [0.15, 0.2) is 0 Å². The van der Waals surface area contributed by atoms with Gasteiger partial charge in [-0.05, 0) is 44.7 Å². The zero-order chi connectivity index (χ0) is 13.2. The second kappa shape index (κ2) is 5.36. The Labute approximate surface area is 107 Å². The molecule has 0 aliphatic heterocycles. The van der Waals surface area contributed by atoms with Gasteiger partial charge in [0.1, 0.15) is 6.17 Å². The van der Waals surface area contributed by atoms with Gasteiger partial charge in [-0.2, -0.15) is 8.42 Å². The lowest BCUT2D eigenvalue weighted by Gasteiger charge is -2.23. The molecule has 18 heavy (non-hydrogen) atoms. The molecular formula is C13H17FO3S. The highest BCUT2D eigenvalue weighted by Crippen LogP contribution is 2.26. The first kappa shape index (κ1) is 13.5. The van der Waals surface area contributed by atoms with Gasteiger partial charge in [0.2, 0.25) is 0 Å². The number of aryl methyl sites for hydroxylation is 1. The van der Waals surface area contributed by atoms with E-state index >= 15 is 0 Å². The van der Waals surface area contributed by atoms with E-state index in [2.05, 4.69) is 0 Å². The van der Waals surface area contributed by atoms with E-state index in [0.29, 0.717) is 25.7 Å². The zero-order valence-electron chi connectivity index (χ0n) is 10.3. The van der Waals surface area contributed by atoms with Crippen LogP contribution >= 0.6 is 0 Å². The summed E-state index contributed by atoms with van der Waals surface area (Å²) in [6.07, 6.45) is 0.496. The molecule has 1 aromatic rings. The summed E-state index contributed by atoms with van der Waals surface area (Å²) in [4.78, 5) is 0.162. The highest BCUT2D eigenvalue weighted by Gasteiger charge is 2.26. The minimum absolute atomic E-state index is 0.162. The summed E-state index contributed by atoms with van der Waals surface area (Å²) < 4.78 is 42.1. The van der Waals surface area contributed by atoms with Crippen molar-refractivity contribution < 1.29 is 17.0 Å². The zero-order valence-corrected chi connectivity index (χ0v) is 11.1. The van der Waals surface area contributed by atoms with Crippen molar-refractivity contribution in [3.05, 3.63) is 29.8 Å². The predicted molar refractivity (Wildman–Crippen MR) is 66.6 cm³/mol. The third kappa shape index (κ3) is 3.29. The topological polar surface area (TPSA) is 43.4 Å². The minimum Gasteiger partial charge on any atom is -0.263 e. The molecular weight excluding hydrogens is 255 g/mol. The quantitative estimate of drug-likeness (QED) is 0.794. The van der Waals surface area contributed by atoms with Crippen molar-refractivity contribution in [2.24, 2.45) is 0 Å². The molecule has 100 valence electrons. The largest absolute Gasteiger partial charge is 0.297 e. The Bertz CT molecular complexity index is 487. The van der Waals surface area contributed by atoms with E-state index in [4.69, 9.17) is 4.18 Å². The van der Waals surface area contributed by atoms with Crippen molar-refractivity contribution in [3.63, 3.8) is 0 Å². The molecule has 1 saturated carbocycles. The van der Waals surface area contributed by atoms with Crippen LogP contribution in [0.25, 0.3) is 0 Å². The van der Waals surface area contributed by atoms with Crippen LogP contribution in [0.5, 0.6) is 0 Å². The van der Waals surface area contributed by atoms with E-state index in [-0.39, 0.29) is 11.0 Å². The van der Waals surface area contributed by atoms with Gasteiger partial charge < -0.3 is 0 Å². The second-order valence-corrected chi connectivity index (χ2v) is 6.31. The molecule has 0 N–H and O–H groups in total. The summed E-state index contributed by atoms with van der Waals surface area (Å²) >= 11 is 0. The minimum atomic E-state index is -3.72. The van der Waals surface area contributed by atoms with Gasteiger partial charge in [0.05, 0.1) is 11.0 Å². The fourth-order valence-corrected chi connectivity index (χ4v) is 3.19. The Balaban J connectivity index is 2.05. The maximum absolute atomic E-state index is 13.0. The number of benzene rings is 1. The SMILES string of the molecule is Cc1ccc(S(=O)(=O)O[C@H]2CC[C@@H](F)CC2)cc1. The van der Waals surface area contributed by atoms with Crippen LogP contribution in [0.15, 0.2) is 29.2 Å². The third-order valence-corrected chi connectivity index (χ3v) is 4.55. The van der Waals surface area contributed by atoms with Crippen molar-refractivity contribution >= 4 is 10.1 Å². The van der Waals surface area contributed by atoms with E-state index in [1.54, 1.807) is 12.1 Å². The maximum atomic E-state index is 13.0. The summed E-state index contributed by atoms with van der Waals surface area (Å²) in [6, 6.07) is 6.53. The summed E-state index contributed by atoms with van der Waals surface area (Å²) in [6.45, 7) is 1.89. The van der Waals surface area contributed by atoms with Crippen LogP contribution in [0.3, 0.4) is 0 Å². The molecule has 0 heterocycles. The van der Waals surface area contributed by atoms with Crippen molar-refractivity contribution in [2.75, 3.05) is 0 Å². The molecule has 1 fully saturated rings. The Morgan fingerprint density at radius 2 is 1.67 bits per heavy atom. The fraction of sp³-hybridized carbons (Fsp3) is 0.538. The Kier molecular flexibility index (Phi) is 4.02. The highest BCUT2D eigenvalue weighted by atomic mass is 32.2. The van der Waals surface area contributed by atoms with Crippen molar-refractivity contribution in [1.82, 2.24) is 0 Å². The van der Waals surface area contributed by atoms with E-state index in [0.717, 1.165) is 5.56 Å². The summed E-state index contributed by atoms with van der Waals surface area (Å²) in [5, 5.41) is 0. The van der Waals surface area contributed by atoms with Crippen molar-refractivity contribution in [2.45, 2.75) is 49.8 Å². The van der Waals surface area contributed by atoms with Gasteiger partial charge in [0.25, 0.3) is 10.1 Å². The standard InChI is InChI=1S/C13H17FO3S/c1-10-2-8-13(9-3-10)18(15,16)17-12-6-4-11(14)5-7-12/h2-3,8-9,11-12H,4-7H2,1H3/t11-,12+. The fourth-order valence-electron chi connectivity index (χ4n) is 2.06. The normalized spacial score (nSPS) is 25.0. The van der Waals surface area contributed by atoms with Gasteiger partial charge in [-0.1, -0.05) is 17.7 Å². The van der Waals surface area contributed by atoms with Crippen LogP contribution < -0.4 is 0 Å². The Morgan fingerprint density at radius 1 is 1.11 bits per heavy atom. The van der Waals surface area contributed by atoms with Gasteiger partial charge in [-0.25, -0.2) is 4.39 Å². The molecule has 1 aliphatic carbocycles. The summed E-state index contributed by atoms with van der Waals surface area (Å²) in [7, 11) is -3.72. The average Bonchev–Trinajstić information content (AvgIpc) is 2.32. The average molecular weight is 272 g/mol. The number of rotatable bonds is 3. The molecule has 0 unspecified atom stereocenters. The first-order chi connectivity index (χ1) is 8.47. The van der Waals surface area contributed by atoms with Crippen molar-refractivity contribution in [1.29, 1.82) is 0 Å². The van der Waals surface area contributed by atoms with Crippen LogP contribution in [0.1, 0.15) is 31.2 Å². The maximum Gasteiger partial charge on any atom is 0.297 e. The number of halogens is 1. The molecule has 1 aromatic carbocycles. The monoisotopic (exact) mass is 272 g/mol. The number of hydrogen-bond acceptors (Lipinski definition) is 3. The lowest BCUT2D eigenvalue weighted by Crippen LogP contribution is -2.25. The lowest BCUT2D eigenvalue weighted by atomic mass is 9.96. The third-order valence-electron chi connectivity index (χ3n) is 3.18. The molecule has 0 aromatic heterocycles. The van der Waals surface area contributed by atoms with Crippen LogP contribution in [0.4, 0.5) is 4.39 Å². The van der Waals surface area contributed by atoms with Gasteiger partial charge >= 0.3 is 0 Å². The molecule has 0 bridgehead atoms. The van der Waals surface area contributed by atoms with Crippen LogP contribution in [0.2, 0.25) is 0 Å². The first-order valence-electron chi connectivity index (χ1n) is 6.11. The Morgan fingerprint density at radius 3 is 2.22 bits per heavy atom. The molecule has 3 nitrogen and oxygen atoms in total. The van der Waals surface area contributed by atoms with E-state index in [1.165, 1.54) is 12.1 Å². The van der Waals surface area contributed by atoms with Gasteiger partial charge in [0, 0.05) is 0 Å². The van der Waals surface area contributed by atoms with Gasteiger partial charge in [-0.3, -0.25) is 4.18 Å². The predicted octanol–water partition coefficient (Wildman–Crippen LogP) is 2.98. The number of alkyl halides is 1. The van der Waals surface area contributed by atoms with Crippen LogP contribution in [0, 0.1) is 6.92 Å². The molecule has 0 saturated heterocycles. The van der Waals surface area contributed by atoms with E-state index < -0.39 is 16.3 Å². The van der Waals surface area contributed by atoms with Crippen LogP contribution in [-0.2, 0) is 14.3 Å². The molecule has 2 rings (SSSR count). The molecule has 5 heteroatoms. The van der Waals surface area contributed by atoms with Crippen LogP contribution in [-0.4, -0.2) is 20.7 Å². The highest BCUT2D eigenvalue weighted by molar-refractivity contribution is 7.86.